The van der Waals surface area contributed by atoms with Crippen molar-refractivity contribution in [1.29, 1.82) is 0 Å². The van der Waals surface area contributed by atoms with E-state index < -0.39 is 0 Å². The molecule has 1 aromatic carbocycles. The van der Waals surface area contributed by atoms with Gasteiger partial charge in [0.1, 0.15) is 11.4 Å². The monoisotopic (exact) mass is 269 g/mol. The number of benzene rings is 1. The third-order valence-corrected chi connectivity index (χ3v) is 3.62. The first-order valence-electron chi connectivity index (χ1n) is 5.28. The maximum absolute atomic E-state index is 6.17. The molecule has 0 bridgehead atoms. The zero-order chi connectivity index (χ0) is 11.1. The van der Waals surface area contributed by atoms with Gasteiger partial charge < -0.3 is 10.5 Å². The first-order valence-corrected chi connectivity index (χ1v) is 6.07. The summed E-state index contributed by atoms with van der Waals surface area (Å²) in [4.78, 5) is 0. The van der Waals surface area contributed by atoms with E-state index in [0.29, 0.717) is 0 Å². The van der Waals surface area contributed by atoms with Gasteiger partial charge in [0.25, 0.3) is 0 Å². The Morgan fingerprint density at radius 3 is 3.00 bits per heavy atom. The summed E-state index contributed by atoms with van der Waals surface area (Å²) >= 11 is 3.45. The highest BCUT2D eigenvalue weighted by atomic mass is 79.9. The molecular weight excluding hydrogens is 254 g/mol. The van der Waals surface area contributed by atoms with Gasteiger partial charge in [-0.3, -0.25) is 0 Å². The second kappa shape index (κ2) is 3.80. The summed E-state index contributed by atoms with van der Waals surface area (Å²) in [5.41, 5.74) is 7.16. The Labute approximate surface area is 98.9 Å². The summed E-state index contributed by atoms with van der Waals surface area (Å²) in [5.74, 6) is 0.932. The first kappa shape index (κ1) is 11.0. The molecule has 0 saturated carbocycles. The molecule has 0 aliphatic carbocycles. The van der Waals surface area contributed by atoms with Gasteiger partial charge in [-0.2, -0.15) is 0 Å². The summed E-state index contributed by atoms with van der Waals surface area (Å²) in [6.07, 6.45) is 1.86. The second-order valence-corrected chi connectivity index (χ2v) is 5.31. The standard InChI is InChI=1S/C12H16BrNO/c1-3-12(2)7-10(14)9-6-8(13)4-5-11(9)15-12/h4-6,10H,3,7,14H2,1-2H3/t10-,12?/m1/s1. The van der Waals surface area contributed by atoms with Crippen LogP contribution >= 0.6 is 15.9 Å². The Hall–Kier alpha value is -0.540. The second-order valence-electron chi connectivity index (χ2n) is 4.40. The third-order valence-electron chi connectivity index (χ3n) is 3.13. The molecule has 1 aliphatic heterocycles. The van der Waals surface area contributed by atoms with E-state index in [9.17, 15) is 0 Å². The van der Waals surface area contributed by atoms with E-state index in [-0.39, 0.29) is 11.6 Å². The third kappa shape index (κ3) is 2.04. The predicted molar refractivity (Wildman–Crippen MR) is 65.0 cm³/mol. The van der Waals surface area contributed by atoms with Crippen LogP contribution in [0, 0.1) is 0 Å². The van der Waals surface area contributed by atoms with Gasteiger partial charge in [-0.05, 0) is 31.5 Å². The van der Waals surface area contributed by atoms with Crippen molar-refractivity contribution in [3.63, 3.8) is 0 Å². The quantitative estimate of drug-likeness (QED) is 0.848. The summed E-state index contributed by atoms with van der Waals surface area (Å²) in [5, 5.41) is 0. The van der Waals surface area contributed by atoms with Gasteiger partial charge in [-0.15, -0.1) is 0 Å². The number of halogens is 1. The molecule has 2 N–H and O–H groups in total. The van der Waals surface area contributed by atoms with E-state index in [0.717, 1.165) is 28.6 Å². The topological polar surface area (TPSA) is 35.2 Å². The SMILES string of the molecule is CCC1(C)C[C@@H](N)c2cc(Br)ccc2O1. The molecule has 3 heteroatoms. The number of fused-ring (bicyclic) bond motifs is 1. The molecule has 0 amide bonds. The maximum atomic E-state index is 6.17. The molecular formula is C12H16BrNO. The lowest BCUT2D eigenvalue weighted by Gasteiger charge is -2.38. The molecule has 0 fully saturated rings. The van der Waals surface area contributed by atoms with E-state index in [1.807, 2.05) is 12.1 Å². The van der Waals surface area contributed by atoms with Crippen molar-refractivity contribution >= 4 is 15.9 Å². The highest BCUT2D eigenvalue weighted by Gasteiger charge is 2.34. The van der Waals surface area contributed by atoms with Crippen molar-refractivity contribution in [3.05, 3.63) is 28.2 Å². The van der Waals surface area contributed by atoms with Gasteiger partial charge >= 0.3 is 0 Å². The zero-order valence-corrected chi connectivity index (χ0v) is 10.7. The van der Waals surface area contributed by atoms with Gasteiger partial charge in [0.15, 0.2) is 0 Å². The van der Waals surface area contributed by atoms with Crippen molar-refractivity contribution in [2.75, 3.05) is 0 Å². The van der Waals surface area contributed by atoms with Crippen molar-refractivity contribution in [2.45, 2.75) is 38.3 Å². The molecule has 15 heavy (non-hydrogen) atoms. The maximum Gasteiger partial charge on any atom is 0.124 e. The molecule has 2 nitrogen and oxygen atoms in total. The fourth-order valence-corrected chi connectivity index (χ4v) is 2.38. The van der Waals surface area contributed by atoms with Gasteiger partial charge in [0, 0.05) is 22.5 Å². The lowest BCUT2D eigenvalue weighted by atomic mass is 9.87. The molecule has 1 aliphatic rings. The minimum absolute atomic E-state index is 0.0798. The molecule has 1 heterocycles. The number of nitrogens with two attached hydrogens (primary N) is 1. The average molecular weight is 270 g/mol. The van der Waals surface area contributed by atoms with E-state index in [4.69, 9.17) is 10.5 Å². The van der Waals surface area contributed by atoms with Crippen molar-refractivity contribution in [3.8, 4) is 5.75 Å². The first-order chi connectivity index (χ1) is 7.04. The summed E-state index contributed by atoms with van der Waals surface area (Å²) < 4.78 is 7.05. The number of rotatable bonds is 1. The van der Waals surface area contributed by atoms with Crippen molar-refractivity contribution < 1.29 is 4.74 Å². The van der Waals surface area contributed by atoms with Crippen LogP contribution in [0.4, 0.5) is 0 Å². The molecule has 1 unspecified atom stereocenters. The Bertz CT molecular complexity index is 380. The van der Waals surface area contributed by atoms with Crippen LogP contribution in [0.1, 0.15) is 38.3 Å². The fraction of sp³-hybridized carbons (Fsp3) is 0.500. The van der Waals surface area contributed by atoms with Crippen molar-refractivity contribution in [1.82, 2.24) is 0 Å². The Morgan fingerprint density at radius 2 is 2.33 bits per heavy atom. The van der Waals surface area contributed by atoms with Crippen LogP contribution in [0.2, 0.25) is 0 Å². The molecule has 0 aromatic heterocycles. The molecule has 2 rings (SSSR count). The Kier molecular flexibility index (Phi) is 2.77. The Morgan fingerprint density at radius 1 is 1.60 bits per heavy atom. The van der Waals surface area contributed by atoms with Crippen LogP contribution in [0.25, 0.3) is 0 Å². The zero-order valence-electron chi connectivity index (χ0n) is 9.09. The van der Waals surface area contributed by atoms with Crippen LogP contribution in [0.15, 0.2) is 22.7 Å². The summed E-state index contributed by atoms with van der Waals surface area (Å²) in [6, 6.07) is 6.12. The predicted octanol–water partition coefficient (Wildman–Crippen LogP) is 3.40. The Balaban J connectivity index is 2.41. The van der Waals surface area contributed by atoms with Crippen LogP contribution in [-0.2, 0) is 0 Å². The number of hydrogen-bond donors (Lipinski definition) is 1. The van der Waals surface area contributed by atoms with Crippen LogP contribution in [-0.4, -0.2) is 5.60 Å². The van der Waals surface area contributed by atoms with Gasteiger partial charge in [-0.1, -0.05) is 22.9 Å². The van der Waals surface area contributed by atoms with Crippen LogP contribution in [0.3, 0.4) is 0 Å². The minimum Gasteiger partial charge on any atom is -0.487 e. The highest BCUT2D eigenvalue weighted by Crippen LogP contribution is 2.40. The lowest BCUT2D eigenvalue weighted by molar-refractivity contribution is 0.0503. The van der Waals surface area contributed by atoms with E-state index in [2.05, 4.69) is 35.8 Å². The fourth-order valence-electron chi connectivity index (χ4n) is 2.00. The molecule has 0 saturated heterocycles. The van der Waals surface area contributed by atoms with E-state index in [1.54, 1.807) is 0 Å². The van der Waals surface area contributed by atoms with Gasteiger partial charge in [0.05, 0.1) is 0 Å². The number of ether oxygens (including phenoxy) is 1. The van der Waals surface area contributed by atoms with Gasteiger partial charge in [0.2, 0.25) is 0 Å². The minimum atomic E-state index is -0.111. The lowest BCUT2D eigenvalue weighted by Crippen LogP contribution is -2.39. The number of hydrogen-bond acceptors (Lipinski definition) is 2. The van der Waals surface area contributed by atoms with Crippen molar-refractivity contribution in [2.24, 2.45) is 5.73 Å². The largest absolute Gasteiger partial charge is 0.487 e. The smallest absolute Gasteiger partial charge is 0.124 e. The molecule has 0 radical (unpaired) electrons. The normalized spacial score (nSPS) is 29.5. The summed E-state index contributed by atoms with van der Waals surface area (Å²) in [6.45, 7) is 4.26. The summed E-state index contributed by atoms with van der Waals surface area (Å²) in [7, 11) is 0. The van der Waals surface area contributed by atoms with Gasteiger partial charge in [-0.25, -0.2) is 0 Å². The highest BCUT2D eigenvalue weighted by molar-refractivity contribution is 9.10. The molecule has 82 valence electrons. The van der Waals surface area contributed by atoms with Crippen LogP contribution < -0.4 is 10.5 Å². The molecule has 0 spiro atoms. The molecule has 1 aromatic rings. The van der Waals surface area contributed by atoms with E-state index in [1.165, 1.54) is 0 Å². The molecule has 2 atom stereocenters. The van der Waals surface area contributed by atoms with E-state index >= 15 is 0 Å². The average Bonchev–Trinajstić information content (AvgIpc) is 2.20. The van der Waals surface area contributed by atoms with Crippen LogP contribution in [0.5, 0.6) is 5.75 Å².